The van der Waals surface area contributed by atoms with Crippen molar-refractivity contribution >= 4 is 28.8 Å². The van der Waals surface area contributed by atoms with Gasteiger partial charge in [0.25, 0.3) is 21.0 Å². The normalized spacial score (nSPS) is 10.6. The minimum atomic E-state index is -5.42. The number of rotatable bonds is 6. The van der Waals surface area contributed by atoms with Gasteiger partial charge in [0.15, 0.2) is 0 Å². The van der Waals surface area contributed by atoms with E-state index in [-0.39, 0.29) is 37.7 Å². The van der Waals surface area contributed by atoms with Crippen LogP contribution in [-0.2, 0) is 25.6 Å². The molecule has 0 saturated heterocycles. The molecule has 0 aliphatic rings. The third kappa shape index (κ3) is 20.2. The van der Waals surface area contributed by atoms with Gasteiger partial charge < -0.3 is 22.7 Å². The van der Waals surface area contributed by atoms with Crippen LogP contribution in [0.5, 0.6) is 17.2 Å². The van der Waals surface area contributed by atoms with Crippen molar-refractivity contribution in [1.82, 2.24) is 0 Å². The number of benzene rings is 3. The van der Waals surface area contributed by atoms with Crippen molar-refractivity contribution in [2.45, 2.75) is 20.8 Å². The van der Waals surface area contributed by atoms with Gasteiger partial charge in [-0.15, -0.1) is 7.77 Å². The molecule has 38 heavy (non-hydrogen) atoms. The molecule has 0 heterocycles. The molecule has 10 nitrogen and oxygen atoms in total. The van der Waals surface area contributed by atoms with Gasteiger partial charge in [-0.3, -0.25) is 0 Å². The molecule has 0 N–H and O–H groups in total. The molecule has 0 radical (unpaired) electrons. The van der Waals surface area contributed by atoms with E-state index in [1.165, 1.54) is 0 Å². The van der Waals surface area contributed by atoms with Crippen LogP contribution in [0.3, 0.4) is 0 Å². The summed E-state index contributed by atoms with van der Waals surface area (Å²) in [5.41, 5.74) is 3.23. The van der Waals surface area contributed by atoms with E-state index >= 15 is 0 Å². The van der Waals surface area contributed by atoms with Crippen molar-refractivity contribution in [3.8, 4) is 17.2 Å². The molecule has 3 aromatic rings. The van der Waals surface area contributed by atoms with Crippen molar-refractivity contribution in [2.75, 3.05) is 0 Å². The first-order valence-electron chi connectivity index (χ1n) is 9.62. The summed E-state index contributed by atoms with van der Waals surface area (Å²) in [4.78, 5) is 0. The molecule has 0 saturated carbocycles. The third-order valence-corrected chi connectivity index (χ3v) is 5.02. The smallest absolute Gasteiger partial charge is 0.722 e. The maximum absolute atomic E-state index is 13.3. The summed E-state index contributed by atoms with van der Waals surface area (Å²) >= 11 is 0. The van der Waals surface area contributed by atoms with Crippen LogP contribution in [-0.4, -0.2) is 25.9 Å². The first-order chi connectivity index (χ1) is 16.4. The summed E-state index contributed by atoms with van der Waals surface area (Å²) in [6.07, 6.45) is 0. The maximum atomic E-state index is 13.3. The van der Waals surface area contributed by atoms with E-state index < -0.39 is 28.8 Å². The van der Waals surface area contributed by atoms with Gasteiger partial charge in [-0.2, -0.15) is 4.57 Å². The predicted octanol–water partition coefficient (Wildman–Crippen LogP) is -0.903. The minimum absolute atomic E-state index is 0. The average molecular weight is 580 g/mol. The molecule has 3 rings (SSSR count). The maximum Gasteiger partial charge on any atom is 1.00 e. The van der Waals surface area contributed by atoms with Crippen molar-refractivity contribution in [3.05, 3.63) is 89.5 Å². The van der Waals surface area contributed by atoms with Crippen LogP contribution in [0, 0.1) is 20.8 Å². The van der Waals surface area contributed by atoms with Crippen LogP contribution in [0.25, 0.3) is 0 Å². The monoisotopic (exact) mass is 580 g/mol. The Bertz CT molecular complexity index is 1200. The number of phosphoric ester groups is 1. The molecule has 0 unspecified atom stereocenters. The summed E-state index contributed by atoms with van der Waals surface area (Å²) < 4.78 is 101. The molecular formula is C21H21F2Li2O10PS2. The van der Waals surface area contributed by atoms with E-state index in [0.29, 0.717) is 17.2 Å². The van der Waals surface area contributed by atoms with Crippen LogP contribution in [0.15, 0.2) is 72.8 Å². The standard InChI is InChI=1S/C21H21O4P.2FHO3S.2Li/c1-16-4-10-19(11-5-16)23-26(22,24-20-12-6-17(2)7-13-20)25-21-14-8-18(3)9-15-21;2*1-5(2,3)4;;/h4-15H,1-3H3;2*(H,2,3,4);;/q;;;2*+1/p-2. The topological polar surface area (TPSA) is 159 Å². The molecule has 0 bridgehead atoms. The van der Waals surface area contributed by atoms with E-state index in [4.69, 9.17) is 39.5 Å². The Morgan fingerprint density at radius 2 is 0.711 bits per heavy atom. The molecule has 0 aliphatic heterocycles. The quantitative estimate of drug-likeness (QED) is 0.155. The molecule has 3 aromatic carbocycles. The van der Waals surface area contributed by atoms with E-state index in [2.05, 4.69) is 0 Å². The third-order valence-electron chi connectivity index (χ3n) is 3.71. The summed E-state index contributed by atoms with van der Waals surface area (Å²) in [6, 6.07) is 21.6. The Morgan fingerprint density at radius 3 is 0.868 bits per heavy atom. The van der Waals surface area contributed by atoms with Gasteiger partial charge in [-0.05, 0) is 57.2 Å². The van der Waals surface area contributed by atoms with Crippen molar-refractivity contribution < 1.29 is 89.6 Å². The first kappa shape index (κ1) is 38.3. The average Bonchev–Trinajstić information content (AvgIpc) is 2.71. The first-order valence-corrected chi connectivity index (χ1v) is 13.7. The van der Waals surface area contributed by atoms with Gasteiger partial charge in [-0.25, -0.2) is 16.8 Å². The van der Waals surface area contributed by atoms with Crippen molar-refractivity contribution in [1.29, 1.82) is 0 Å². The number of hydrogen-bond donors (Lipinski definition) is 0. The zero-order valence-electron chi connectivity index (χ0n) is 21.0. The van der Waals surface area contributed by atoms with Crippen LogP contribution in [0.1, 0.15) is 16.7 Å². The molecule has 0 aliphatic carbocycles. The van der Waals surface area contributed by atoms with Crippen LogP contribution >= 0.6 is 7.82 Å². The Balaban J connectivity index is 0. The van der Waals surface area contributed by atoms with Crippen molar-refractivity contribution in [3.63, 3.8) is 0 Å². The summed E-state index contributed by atoms with van der Waals surface area (Å²) in [6.45, 7) is 5.90. The fourth-order valence-electron chi connectivity index (χ4n) is 2.24. The number of phosphoric acid groups is 1. The van der Waals surface area contributed by atoms with E-state index in [0.717, 1.165) is 16.7 Å². The van der Waals surface area contributed by atoms with Gasteiger partial charge in [-0.1, -0.05) is 53.1 Å². The molecule has 0 atom stereocenters. The van der Waals surface area contributed by atoms with E-state index in [1.54, 1.807) is 36.4 Å². The second-order valence-corrected chi connectivity index (χ2v) is 9.96. The van der Waals surface area contributed by atoms with Gasteiger partial charge in [0.2, 0.25) is 0 Å². The van der Waals surface area contributed by atoms with Gasteiger partial charge in [0, 0.05) is 0 Å². The van der Waals surface area contributed by atoms with E-state index in [1.807, 2.05) is 57.2 Å². The second kappa shape index (κ2) is 17.0. The Labute approximate surface area is 244 Å². The summed E-state index contributed by atoms with van der Waals surface area (Å²) in [5.74, 6) is 1.24. The Morgan fingerprint density at radius 1 is 0.553 bits per heavy atom. The van der Waals surface area contributed by atoms with Gasteiger partial charge in [0.1, 0.15) is 17.2 Å². The van der Waals surface area contributed by atoms with Crippen LogP contribution in [0.2, 0.25) is 0 Å². The van der Waals surface area contributed by atoms with E-state index in [9.17, 15) is 12.3 Å². The van der Waals surface area contributed by atoms with Gasteiger partial charge in [0.05, 0.1) is 0 Å². The Hall–Kier alpha value is -1.84. The molecule has 0 aromatic heterocycles. The zero-order valence-corrected chi connectivity index (χ0v) is 23.6. The molecular weight excluding hydrogens is 559 g/mol. The fraction of sp³-hybridized carbons (Fsp3) is 0.143. The SMILES string of the molecule is Cc1ccc(OP(=O)(Oc2ccc(C)cc2)Oc2ccc(C)cc2)cc1.O=S(=O)([O-])F.O=S(=O)([O-])F.[Li+].[Li+]. The molecule has 198 valence electrons. The summed E-state index contributed by atoms with van der Waals surface area (Å²) in [5, 5.41) is 0. The summed E-state index contributed by atoms with van der Waals surface area (Å²) in [7, 11) is -14.8. The second-order valence-electron chi connectivity index (χ2n) is 6.95. The molecule has 0 spiro atoms. The van der Waals surface area contributed by atoms with Crippen LogP contribution < -0.4 is 51.3 Å². The van der Waals surface area contributed by atoms with Crippen LogP contribution in [0.4, 0.5) is 7.77 Å². The largest absolute Gasteiger partial charge is 1.00 e. The number of hydrogen-bond acceptors (Lipinski definition) is 10. The molecule has 0 amide bonds. The molecule has 17 heteroatoms. The minimum Gasteiger partial charge on any atom is -0.722 e. The van der Waals surface area contributed by atoms with Gasteiger partial charge >= 0.3 is 45.5 Å². The zero-order chi connectivity index (χ0) is 27.6. The Kier molecular flexibility index (Phi) is 17.1. The predicted molar refractivity (Wildman–Crippen MR) is 125 cm³/mol. The molecule has 0 fully saturated rings. The number of aryl methyl sites for hydroxylation is 3. The number of halogens is 2. The van der Waals surface area contributed by atoms with Crippen molar-refractivity contribution in [2.24, 2.45) is 0 Å². The fourth-order valence-corrected chi connectivity index (χ4v) is 3.49.